The zero-order chi connectivity index (χ0) is 20.2. The molecular weight excluding hydrogens is 372 g/mol. The Morgan fingerprint density at radius 2 is 1.93 bits per heavy atom. The third-order valence-electron chi connectivity index (χ3n) is 4.66. The highest BCUT2D eigenvalue weighted by atomic mass is 32.2. The molecule has 0 radical (unpaired) electrons. The van der Waals surface area contributed by atoms with Gasteiger partial charge >= 0.3 is 5.97 Å². The van der Waals surface area contributed by atoms with E-state index in [0.29, 0.717) is 25.1 Å². The maximum absolute atomic E-state index is 13.0. The molecule has 1 aromatic carbocycles. The number of hydrogen-bond acceptors (Lipinski definition) is 5. The van der Waals surface area contributed by atoms with Crippen molar-refractivity contribution in [3.05, 3.63) is 24.3 Å². The van der Waals surface area contributed by atoms with E-state index >= 15 is 0 Å². The van der Waals surface area contributed by atoms with E-state index in [1.165, 1.54) is 36.3 Å². The molecule has 0 spiro atoms. The number of nitrogens with one attached hydrogen (secondary N) is 1. The standard InChI is InChI=1S/C18H26N2O6S/c1-12(2)17(18(23)20-10-4-5-13(20)11-16(21)22)19-27(24,25)15-8-6-14(26-3)7-9-15/h6-9,12-13,17,19H,4-5,10-11H2,1-3H3,(H,21,22). The number of carboxylic acids is 1. The van der Waals surface area contributed by atoms with E-state index in [9.17, 15) is 18.0 Å². The smallest absolute Gasteiger partial charge is 0.305 e. The Morgan fingerprint density at radius 1 is 1.30 bits per heavy atom. The van der Waals surface area contributed by atoms with Crippen LogP contribution in [-0.4, -0.2) is 56.0 Å². The number of benzene rings is 1. The molecule has 0 bridgehead atoms. The largest absolute Gasteiger partial charge is 0.497 e. The molecule has 1 aromatic rings. The number of carbonyl (C=O) groups is 2. The second-order valence-corrected chi connectivity index (χ2v) is 8.66. The summed E-state index contributed by atoms with van der Waals surface area (Å²) in [6.45, 7) is 3.94. The van der Waals surface area contributed by atoms with E-state index < -0.39 is 28.1 Å². The van der Waals surface area contributed by atoms with Crippen LogP contribution in [0.2, 0.25) is 0 Å². The van der Waals surface area contributed by atoms with Crippen LogP contribution >= 0.6 is 0 Å². The first-order valence-corrected chi connectivity index (χ1v) is 10.3. The summed E-state index contributed by atoms with van der Waals surface area (Å²) in [4.78, 5) is 25.5. The molecule has 9 heteroatoms. The number of carbonyl (C=O) groups excluding carboxylic acids is 1. The molecule has 0 aliphatic carbocycles. The minimum absolute atomic E-state index is 0.0326. The van der Waals surface area contributed by atoms with Gasteiger partial charge in [0.25, 0.3) is 0 Å². The monoisotopic (exact) mass is 398 g/mol. The number of aliphatic carboxylic acids is 1. The van der Waals surface area contributed by atoms with E-state index in [4.69, 9.17) is 9.84 Å². The molecule has 2 atom stereocenters. The zero-order valence-electron chi connectivity index (χ0n) is 15.7. The lowest BCUT2D eigenvalue weighted by Gasteiger charge is -2.30. The van der Waals surface area contributed by atoms with Gasteiger partial charge in [0.05, 0.1) is 18.4 Å². The van der Waals surface area contributed by atoms with Gasteiger partial charge in [0.1, 0.15) is 11.8 Å². The second kappa shape index (κ2) is 8.71. The molecule has 0 saturated carbocycles. The summed E-state index contributed by atoms with van der Waals surface area (Å²) in [6.07, 6.45) is 1.18. The molecule has 1 aliphatic heterocycles. The molecule has 1 fully saturated rings. The van der Waals surface area contributed by atoms with Crippen LogP contribution in [0.1, 0.15) is 33.1 Å². The highest BCUT2D eigenvalue weighted by Gasteiger charge is 2.37. The van der Waals surface area contributed by atoms with Crippen molar-refractivity contribution in [1.29, 1.82) is 0 Å². The molecule has 1 aliphatic rings. The van der Waals surface area contributed by atoms with E-state index in [2.05, 4.69) is 4.72 Å². The maximum atomic E-state index is 13.0. The second-order valence-electron chi connectivity index (χ2n) is 6.94. The number of nitrogens with zero attached hydrogens (tertiary/aromatic N) is 1. The fourth-order valence-corrected chi connectivity index (χ4v) is 4.52. The van der Waals surface area contributed by atoms with Crippen molar-refractivity contribution in [3.63, 3.8) is 0 Å². The van der Waals surface area contributed by atoms with Crippen molar-refractivity contribution in [3.8, 4) is 5.75 Å². The van der Waals surface area contributed by atoms with Gasteiger partial charge in [0.15, 0.2) is 0 Å². The molecule has 27 heavy (non-hydrogen) atoms. The topological polar surface area (TPSA) is 113 Å². The third-order valence-corrected chi connectivity index (χ3v) is 6.11. The van der Waals surface area contributed by atoms with Crippen LogP contribution in [0.25, 0.3) is 0 Å². The van der Waals surface area contributed by atoms with Gasteiger partial charge in [-0.2, -0.15) is 4.72 Å². The molecule has 150 valence electrons. The summed E-state index contributed by atoms with van der Waals surface area (Å²) in [5, 5.41) is 9.04. The first kappa shape index (κ1) is 21.2. The van der Waals surface area contributed by atoms with Crippen molar-refractivity contribution < 1.29 is 27.9 Å². The average Bonchev–Trinajstić information content (AvgIpc) is 3.06. The van der Waals surface area contributed by atoms with E-state index in [1.807, 2.05) is 0 Å². The van der Waals surface area contributed by atoms with Gasteiger partial charge in [-0.3, -0.25) is 9.59 Å². The number of carboxylic acid groups (broad SMARTS) is 1. The van der Waals surface area contributed by atoms with E-state index in [0.717, 1.165) is 0 Å². The van der Waals surface area contributed by atoms with Crippen LogP contribution < -0.4 is 9.46 Å². The summed E-state index contributed by atoms with van der Waals surface area (Å²) in [5.41, 5.74) is 0. The first-order valence-electron chi connectivity index (χ1n) is 8.84. The van der Waals surface area contributed by atoms with Crippen molar-refractivity contribution in [2.75, 3.05) is 13.7 Å². The zero-order valence-corrected chi connectivity index (χ0v) is 16.5. The number of hydrogen-bond donors (Lipinski definition) is 2. The molecule has 1 amide bonds. The van der Waals surface area contributed by atoms with Crippen LogP contribution in [0.3, 0.4) is 0 Å². The van der Waals surface area contributed by atoms with Crippen molar-refractivity contribution in [2.45, 2.75) is 50.1 Å². The van der Waals surface area contributed by atoms with Gasteiger partial charge < -0.3 is 14.7 Å². The van der Waals surface area contributed by atoms with Crippen LogP contribution in [0, 0.1) is 5.92 Å². The van der Waals surface area contributed by atoms with Gasteiger partial charge in [-0.15, -0.1) is 0 Å². The number of methoxy groups -OCH3 is 1. The van der Waals surface area contributed by atoms with E-state index in [1.54, 1.807) is 13.8 Å². The van der Waals surface area contributed by atoms with Gasteiger partial charge in [-0.1, -0.05) is 13.8 Å². The molecular formula is C18H26N2O6S. The lowest BCUT2D eigenvalue weighted by atomic mass is 10.0. The van der Waals surface area contributed by atoms with Crippen LogP contribution in [0.5, 0.6) is 5.75 Å². The quantitative estimate of drug-likeness (QED) is 0.685. The molecule has 0 aromatic heterocycles. The predicted octanol–water partition coefficient (Wildman–Crippen LogP) is 1.46. The lowest BCUT2D eigenvalue weighted by Crippen LogP contribution is -2.52. The molecule has 1 saturated heterocycles. The minimum Gasteiger partial charge on any atom is -0.497 e. The third kappa shape index (κ3) is 5.20. The predicted molar refractivity (Wildman–Crippen MR) is 98.9 cm³/mol. The lowest BCUT2D eigenvalue weighted by molar-refractivity contribution is -0.140. The first-order chi connectivity index (χ1) is 12.7. The fraction of sp³-hybridized carbons (Fsp3) is 0.556. The molecule has 2 unspecified atom stereocenters. The van der Waals surface area contributed by atoms with Gasteiger partial charge in [0, 0.05) is 12.6 Å². The van der Waals surface area contributed by atoms with Gasteiger partial charge in [-0.05, 0) is 43.0 Å². The van der Waals surface area contributed by atoms with Crippen molar-refractivity contribution in [2.24, 2.45) is 5.92 Å². The van der Waals surface area contributed by atoms with Gasteiger partial charge in [-0.25, -0.2) is 8.42 Å². The summed E-state index contributed by atoms with van der Waals surface area (Å²) in [7, 11) is -2.43. The highest BCUT2D eigenvalue weighted by Crippen LogP contribution is 2.23. The van der Waals surface area contributed by atoms with Crippen molar-refractivity contribution >= 4 is 21.9 Å². The summed E-state index contributed by atoms with van der Waals surface area (Å²) in [6, 6.07) is 4.51. The number of ether oxygens (including phenoxy) is 1. The molecule has 8 nitrogen and oxygen atoms in total. The number of sulfonamides is 1. The average molecular weight is 398 g/mol. The maximum Gasteiger partial charge on any atom is 0.305 e. The van der Waals surface area contributed by atoms with Crippen LogP contribution in [0.4, 0.5) is 0 Å². The Kier molecular flexibility index (Phi) is 6.83. The van der Waals surface area contributed by atoms with Crippen LogP contribution in [0.15, 0.2) is 29.2 Å². The minimum atomic E-state index is -3.91. The molecule has 2 N–H and O–H groups in total. The Balaban J connectivity index is 2.20. The summed E-state index contributed by atoms with van der Waals surface area (Å²) < 4.78 is 32.9. The van der Waals surface area contributed by atoms with Crippen molar-refractivity contribution in [1.82, 2.24) is 9.62 Å². The Hall–Kier alpha value is -2.13. The van der Waals surface area contributed by atoms with E-state index in [-0.39, 0.29) is 23.1 Å². The Bertz CT molecular complexity index is 776. The summed E-state index contributed by atoms with van der Waals surface area (Å²) >= 11 is 0. The molecule has 2 rings (SSSR count). The number of amides is 1. The number of rotatable bonds is 8. The highest BCUT2D eigenvalue weighted by molar-refractivity contribution is 7.89. The fourth-order valence-electron chi connectivity index (χ4n) is 3.18. The normalized spacial score (nSPS) is 18.5. The van der Waals surface area contributed by atoms with Crippen LogP contribution in [-0.2, 0) is 19.6 Å². The Morgan fingerprint density at radius 3 is 2.44 bits per heavy atom. The summed E-state index contributed by atoms with van der Waals surface area (Å²) in [5.74, 6) is -1.12. The molecule has 1 heterocycles. The SMILES string of the molecule is COc1ccc(S(=O)(=O)NC(C(=O)N2CCCC2CC(=O)O)C(C)C)cc1. The Labute approximate surface area is 159 Å². The van der Waals surface area contributed by atoms with Gasteiger partial charge in [0.2, 0.25) is 15.9 Å². The number of likely N-dealkylation sites (tertiary alicyclic amines) is 1.